The Hall–Kier alpha value is -0.610. The maximum absolute atomic E-state index is 11.7. The third-order valence-electron chi connectivity index (χ3n) is 4.85. The van der Waals surface area contributed by atoms with Gasteiger partial charge in [0.1, 0.15) is 0 Å². The summed E-state index contributed by atoms with van der Waals surface area (Å²) in [6.07, 6.45) is 4.17. The van der Waals surface area contributed by atoms with Crippen LogP contribution in [0.4, 0.5) is 0 Å². The Labute approximate surface area is 110 Å². The Morgan fingerprint density at radius 1 is 1.33 bits per heavy atom. The lowest BCUT2D eigenvalue weighted by Gasteiger charge is -2.39. The molecule has 0 aromatic carbocycles. The zero-order valence-corrected chi connectivity index (χ0v) is 11.9. The molecule has 1 aliphatic carbocycles. The molecule has 2 rings (SSSR count). The topological polar surface area (TPSA) is 58.4 Å². The molecular formula is C14H27N3O. The number of nitrogens with one attached hydrogen (secondary N) is 1. The van der Waals surface area contributed by atoms with Gasteiger partial charge in [-0.3, -0.25) is 9.69 Å². The van der Waals surface area contributed by atoms with E-state index in [1.54, 1.807) is 0 Å². The number of carbonyl (C=O) groups is 1. The lowest BCUT2D eigenvalue weighted by Crippen LogP contribution is -2.53. The van der Waals surface area contributed by atoms with E-state index in [2.05, 4.69) is 24.1 Å². The van der Waals surface area contributed by atoms with E-state index in [0.29, 0.717) is 6.04 Å². The van der Waals surface area contributed by atoms with E-state index in [9.17, 15) is 4.79 Å². The Balaban J connectivity index is 2.02. The van der Waals surface area contributed by atoms with Crippen LogP contribution in [-0.4, -0.2) is 42.5 Å². The van der Waals surface area contributed by atoms with Crippen molar-refractivity contribution in [3.05, 3.63) is 0 Å². The Morgan fingerprint density at radius 3 is 2.39 bits per heavy atom. The zero-order chi connectivity index (χ0) is 13.3. The molecule has 0 aromatic rings. The lowest BCUT2D eigenvalue weighted by atomic mass is 9.90. The highest BCUT2D eigenvalue weighted by atomic mass is 16.1. The van der Waals surface area contributed by atoms with Gasteiger partial charge >= 0.3 is 0 Å². The van der Waals surface area contributed by atoms with E-state index in [1.807, 2.05) is 7.05 Å². The first-order valence-electron chi connectivity index (χ1n) is 7.19. The van der Waals surface area contributed by atoms with Crippen LogP contribution in [-0.2, 0) is 4.79 Å². The van der Waals surface area contributed by atoms with Crippen LogP contribution >= 0.6 is 0 Å². The van der Waals surface area contributed by atoms with Gasteiger partial charge in [0.15, 0.2) is 0 Å². The van der Waals surface area contributed by atoms with E-state index in [1.165, 1.54) is 19.5 Å². The van der Waals surface area contributed by atoms with Crippen molar-refractivity contribution in [2.75, 3.05) is 20.1 Å². The third-order valence-corrected chi connectivity index (χ3v) is 4.85. The molecule has 4 unspecified atom stereocenters. The second-order valence-corrected chi connectivity index (χ2v) is 6.49. The average Bonchev–Trinajstić information content (AvgIpc) is 2.73. The van der Waals surface area contributed by atoms with Crippen molar-refractivity contribution in [2.45, 2.75) is 51.1 Å². The van der Waals surface area contributed by atoms with Crippen LogP contribution in [0.1, 0.15) is 39.5 Å². The molecule has 1 aliphatic heterocycles. The van der Waals surface area contributed by atoms with Crippen LogP contribution in [0.3, 0.4) is 0 Å². The van der Waals surface area contributed by atoms with E-state index in [-0.39, 0.29) is 5.91 Å². The van der Waals surface area contributed by atoms with E-state index in [4.69, 9.17) is 5.73 Å². The molecule has 4 atom stereocenters. The van der Waals surface area contributed by atoms with Crippen LogP contribution in [0.25, 0.3) is 0 Å². The van der Waals surface area contributed by atoms with Crippen molar-refractivity contribution in [2.24, 2.45) is 17.6 Å². The average molecular weight is 253 g/mol. The first-order chi connectivity index (χ1) is 8.47. The molecule has 1 saturated heterocycles. The van der Waals surface area contributed by atoms with E-state index < -0.39 is 5.54 Å². The first-order valence-corrected chi connectivity index (χ1v) is 7.19. The van der Waals surface area contributed by atoms with Crippen LogP contribution < -0.4 is 11.1 Å². The molecular weight excluding hydrogens is 226 g/mol. The summed E-state index contributed by atoms with van der Waals surface area (Å²) >= 11 is 0. The molecule has 4 heteroatoms. The number of hydrogen-bond donors (Lipinski definition) is 2. The monoisotopic (exact) mass is 253 g/mol. The van der Waals surface area contributed by atoms with Crippen LogP contribution in [0.15, 0.2) is 0 Å². The molecule has 18 heavy (non-hydrogen) atoms. The van der Waals surface area contributed by atoms with E-state index >= 15 is 0 Å². The van der Waals surface area contributed by atoms with Crippen LogP contribution in [0, 0.1) is 11.8 Å². The smallest absolute Gasteiger partial charge is 0.237 e. The Morgan fingerprint density at radius 2 is 1.94 bits per heavy atom. The molecule has 1 amide bonds. The molecule has 104 valence electrons. The highest BCUT2D eigenvalue weighted by Crippen LogP contribution is 2.35. The summed E-state index contributed by atoms with van der Waals surface area (Å²) in [5.41, 5.74) is 5.11. The maximum Gasteiger partial charge on any atom is 0.237 e. The molecule has 2 fully saturated rings. The molecule has 0 radical (unpaired) electrons. The molecule has 0 spiro atoms. The molecule has 1 heterocycles. The predicted molar refractivity (Wildman–Crippen MR) is 73.1 cm³/mol. The van der Waals surface area contributed by atoms with Gasteiger partial charge in [-0.25, -0.2) is 0 Å². The van der Waals surface area contributed by atoms with Gasteiger partial charge in [-0.05, 0) is 44.6 Å². The molecule has 3 N–H and O–H groups in total. The van der Waals surface area contributed by atoms with Gasteiger partial charge in [0, 0.05) is 19.1 Å². The molecule has 4 nitrogen and oxygen atoms in total. The van der Waals surface area contributed by atoms with Gasteiger partial charge in [-0.2, -0.15) is 0 Å². The van der Waals surface area contributed by atoms with Gasteiger partial charge in [0.25, 0.3) is 0 Å². The first kappa shape index (κ1) is 13.8. The second kappa shape index (κ2) is 5.17. The summed E-state index contributed by atoms with van der Waals surface area (Å²) in [6.45, 7) is 7.01. The number of piperidine rings is 1. The minimum absolute atomic E-state index is 0.189. The Bertz CT molecular complexity index is 310. The van der Waals surface area contributed by atoms with Gasteiger partial charge in [0.2, 0.25) is 5.91 Å². The summed E-state index contributed by atoms with van der Waals surface area (Å²) in [6, 6.07) is 0.523. The highest BCUT2D eigenvalue weighted by Gasteiger charge is 2.45. The normalized spacial score (nSPS) is 42.1. The second-order valence-electron chi connectivity index (χ2n) is 6.49. The van der Waals surface area contributed by atoms with Crippen LogP contribution in [0.2, 0.25) is 0 Å². The number of nitrogens with zero attached hydrogens (tertiary/aromatic N) is 1. The number of amides is 1. The lowest BCUT2D eigenvalue weighted by molar-refractivity contribution is -0.124. The highest BCUT2D eigenvalue weighted by molar-refractivity contribution is 5.85. The largest absolute Gasteiger partial charge is 0.368 e. The van der Waals surface area contributed by atoms with Crippen molar-refractivity contribution in [3.8, 4) is 0 Å². The number of likely N-dealkylation sites (N-methyl/N-ethyl adjacent to an activating group) is 1. The third kappa shape index (κ3) is 2.54. The number of hydrogen-bond acceptors (Lipinski definition) is 3. The molecule has 0 aromatic heterocycles. The van der Waals surface area contributed by atoms with Gasteiger partial charge < -0.3 is 11.1 Å². The maximum atomic E-state index is 11.7. The van der Waals surface area contributed by atoms with Crippen molar-refractivity contribution in [1.29, 1.82) is 0 Å². The predicted octanol–water partition coefficient (Wildman–Crippen LogP) is 0.960. The van der Waals surface area contributed by atoms with E-state index in [0.717, 1.165) is 31.1 Å². The number of rotatable bonds is 3. The minimum Gasteiger partial charge on any atom is -0.368 e. The summed E-state index contributed by atoms with van der Waals surface area (Å²) < 4.78 is 0. The standard InChI is InChI=1S/C14H27N3O/c1-10-6-11(2)9-17(8-10)12-4-5-14(7-12,16-3)13(15)18/h10-12,16H,4-9H2,1-3H3,(H2,15,18). The number of carbonyl (C=O) groups excluding carboxylic acids is 1. The molecule has 2 aliphatic rings. The van der Waals surface area contributed by atoms with Crippen molar-refractivity contribution >= 4 is 5.91 Å². The summed E-state index contributed by atoms with van der Waals surface area (Å²) in [5, 5.41) is 3.17. The fourth-order valence-corrected chi connectivity index (χ4v) is 3.91. The fourth-order valence-electron chi connectivity index (χ4n) is 3.91. The number of likely N-dealkylation sites (tertiary alicyclic amines) is 1. The minimum atomic E-state index is -0.464. The van der Waals surface area contributed by atoms with Gasteiger partial charge in [-0.15, -0.1) is 0 Å². The van der Waals surface area contributed by atoms with Gasteiger partial charge in [0.05, 0.1) is 5.54 Å². The quantitative estimate of drug-likeness (QED) is 0.787. The molecule has 0 bridgehead atoms. The fraction of sp³-hybridized carbons (Fsp3) is 0.929. The van der Waals surface area contributed by atoms with Crippen molar-refractivity contribution in [3.63, 3.8) is 0 Å². The summed E-state index contributed by atoms with van der Waals surface area (Å²) in [5.74, 6) is 1.35. The molecule has 1 saturated carbocycles. The number of primary amides is 1. The van der Waals surface area contributed by atoms with Crippen molar-refractivity contribution in [1.82, 2.24) is 10.2 Å². The Kier molecular flexibility index (Phi) is 3.97. The van der Waals surface area contributed by atoms with Crippen molar-refractivity contribution < 1.29 is 4.79 Å². The van der Waals surface area contributed by atoms with Crippen LogP contribution in [0.5, 0.6) is 0 Å². The van der Waals surface area contributed by atoms with Gasteiger partial charge in [-0.1, -0.05) is 13.8 Å². The summed E-state index contributed by atoms with van der Waals surface area (Å²) in [7, 11) is 1.86. The number of nitrogens with two attached hydrogens (primary N) is 1. The summed E-state index contributed by atoms with van der Waals surface area (Å²) in [4.78, 5) is 14.2. The SMILES string of the molecule is CNC1(C(N)=O)CCC(N2CC(C)CC(C)C2)C1. The zero-order valence-electron chi connectivity index (χ0n) is 11.9.